The van der Waals surface area contributed by atoms with Crippen LogP contribution < -0.4 is 4.74 Å². The number of hydrogen-bond acceptors (Lipinski definition) is 4. The molecule has 2 aromatic rings. The first-order valence-electron chi connectivity index (χ1n) is 6.87. The van der Waals surface area contributed by atoms with Gasteiger partial charge in [0.15, 0.2) is 5.16 Å². The number of hydrogen-bond donors (Lipinski definition) is 1. The first-order valence-corrected chi connectivity index (χ1v) is 7.85. The van der Waals surface area contributed by atoms with Gasteiger partial charge in [0.05, 0.1) is 23.7 Å². The van der Waals surface area contributed by atoms with Crippen molar-refractivity contribution in [3.8, 4) is 11.8 Å². The van der Waals surface area contributed by atoms with Gasteiger partial charge in [-0.3, -0.25) is 0 Å². The van der Waals surface area contributed by atoms with Gasteiger partial charge in [-0.05, 0) is 37.3 Å². The van der Waals surface area contributed by atoms with Gasteiger partial charge in [-0.15, -0.1) is 0 Å². The highest BCUT2D eigenvalue weighted by atomic mass is 32.2. The van der Waals surface area contributed by atoms with Crippen molar-refractivity contribution >= 4 is 22.8 Å². The Morgan fingerprint density at radius 1 is 1.50 bits per heavy atom. The number of aromatic amines is 1. The smallest absolute Gasteiger partial charge is 0.166 e. The molecule has 0 atom stereocenters. The van der Waals surface area contributed by atoms with Gasteiger partial charge in [-0.1, -0.05) is 11.8 Å². The van der Waals surface area contributed by atoms with Gasteiger partial charge in [-0.25, -0.2) is 4.98 Å². The molecule has 1 saturated carbocycles. The number of nitrogens with zero attached hydrogens (tertiary/aromatic N) is 2. The molecule has 1 heterocycles. The fraction of sp³-hybridized carbons (Fsp3) is 0.467. The van der Waals surface area contributed by atoms with E-state index in [1.807, 2.05) is 25.1 Å². The minimum atomic E-state index is 0.245. The molecule has 1 aliphatic rings. The van der Waals surface area contributed by atoms with Crippen molar-refractivity contribution < 1.29 is 4.74 Å². The van der Waals surface area contributed by atoms with Crippen molar-refractivity contribution in [3.63, 3.8) is 0 Å². The lowest BCUT2D eigenvalue weighted by Gasteiger charge is -2.07. The standard InChI is InChI=1S/C15H17N3OS/c1-2-19-11-3-4-12-13(9-11)18-14(17-12)20-10-15(5-6-15)7-8-16/h3-4,9H,2,5-7,10H2,1H3,(H,17,18). The summed E-state index contributed by atoms with van der Waals surface area (Å²) < 4.78 is 5.49. The molecule has 3 rings (SSSR count). The van der Waals surface area contributed by atoms with E-state index in [-0.39, 0.29) is 5.41 Å². The highest BCUT2D eigenvalue weighted by molar-refractivity contribution is 7.99. The van der Waals surface area contributed by atoms with Crippen molar-refractivity contribution in [2.75, 3.05) is 12.4 Å². The van der Waals surface area contributed by atoms with Gasteiger partial charge in [0.1, 0.15) is 5.75 Å². The quantitative estimate of drug-likeness (QED) is 0.822. The number of fused-ring (bicyclic) bond motifs is 1. The Hall–Kier alpha value is -1.67. The van der Waals surface area contributed by atoms with Crippen LogP contribution in [0.1, 0.15) is 26.2 Å². The van der Waals surface area contributed by atoms with Crippen LogP contribution in [0.15, 0.2) is 23.4 Å². The zero-order valence-electron chi connectivity index (χ0n) is 11.5. The molecule has 1 aliphatic carbocycles. The summed E-state index contributed by atoms with van der Waals surface area (Å²) in [6.07, 6.45) is 3.00. The first-order chi connectivity index (χ1) is 9.74. The van der Waals surface area contributed by atoms with Crippen molar-refractivity contribution in [3.05, 3.63) is 18.2 Å². The highest BCUT2D eigenvalue weighted by Crippen LogP contribution is 2.51. The molecule has 0 spiro atoms. The molecule has 0 unspecified atom stereocenters. The number of aromatic nitrogens is 2. The van der Waals surface area contributed by atoms with Crippen molar-refractivity contribution in [1.82, 2.24) is 9.97 Å². The summed E-state index contributed by atoms with van der Waals surface area (Å²) >= 11 is 1.72. The van der Waals surface area contributed by atoms with E-state index in [9.17, 15) is 0 Å². The Kier molecular flexibility index (Phi) is 3.58. The Bertz CT molecular complexity index is 655. The summed E-state index contributed by atoms with van der Waals surface area (Å²) in [6, 6.07) is 8.20. The molecular formula is C15H17N3OS. The number of nitrogens with one attached hydrogen (secondary N) is 1. The molecule has 0 saturated heterocycles. The van der Waals surface area contributed by atoms with Gasteiger partial charge in [-0.2, -0.15) is 5.26 Å². The fourth-order valence-corrected chi connectivity index (χ4v) is 3.41. The van der Waals surface area contributed by atoms with Crippen LogP contribution in [-0.2, 0) is 0 Å². The largest absolute Gasteiger partial charge is 0.494 e. The summed E-state index contributed by atoms with van der Waals surface area (Å²) in [5, 5.41) is 9.77. The van der Waals surface area contributed by atoms with Crippen molar-refractivity contribution in [2.45, 2.75) is 31.3 Å². The normalized spacial score (nSPS) is 16.0. The molecule has 1 aromatic heterocycles. The van der Waals surface area contributed by atoms with E-state index in [0.29, 0.717) is 13.0 Å². The van der Waals surface area contributed by atoms with Crippen molar-refractivity contribution in [2.24, 2.45) is 5.41 Å². The Labute approximate surface area is 122 Å². The third-order valence-electron chi connectivity index (χ3n) is 3.67. The van der Waals surface area contributed by atoms with Crippen LogP contribution in [0.3, 0.4) is 0 Å². The molecule has 104 valence electrons. The Balaban J connectivity index is 1.71. The van der Waals surface area contributed by atoms with Crippen molar-refractivity contribution in [1.29, 1.82) is 5.26 Å². The number of ether oxygens (including phenoxy) is 1. The zero-order chi connectivity index (χ0) is 14.0. The summed E-state index contributed by atoms with van der Waals surface area (Å²) in [4.78, 5) is 7.90. The second-order valence-corrected chi connectivity index (χ2v) is 6.24. The molecule has 0 amide bonds. The highest BCUT2D eigenvalue weighted by Gasteiger charge is 2.42. The van der Waals surface area contributed by atoms with Crippen LogP contribution in [0.25, 0.3) is 11.0 Å². The van der Waals surface area contributed by atoms with E-state index in [1.54, 1.807) is 11.8 Å². The van der Waals surface area contributed by atoms with Crippen LogP contribution in [0, 0.1) is 16.7 Å². The van der Waals surface area contributed by atoms with Crippen LogP contribution in [0.5, 0.6) is 5.75 Å². The summed E-state index contributed by atoms with van der Waals surface area (Å²) in [6.45, 7) is 2.64. The maximum absolute atomic E-state index is 8.84. The third-order valence-corrected chi connectivity index (χ3v) is 4.89. The Morgan fingerprint density at radius 2 is 2.35 bits per heavy atom. The number of H-pyrrole nitrogens is 1. The lowest BCUT2D eigenvalue weighted by atomic mass is 10.1. The monoisotopic (exact) mass is 287 g/mol. The van der Waals surface area contributed by atoms with E-state index in [4.69, 9.17) is 10.00 Å². The van der Waals surface area contributed by atoms with Crippen LogP contribution in [0.2, 0.25) is 0 Å². The van der Waals surface area contributed by atoms with Crippen LogP contribution in [0.4, 0.5) is 0 Å². The minimum Gasteiger partial charge on any atom is -0.494 e. The van der Waals surface area contributed by atoms with Gasteiger partial charge < -0.3 is 9.72 Å². The molecule has 20 heavy (non-hydrogen) atoms. The topological polar surface area (TPSA) is 61.7 Å². The molecular weight excluding hydrogens is 270 g/mol. The van der Waals surface area contributed by atoms with E-state index in [1.165, 1.54) is 12.8 Å². The predicted octanol–water partition coefficient (Wildman–Crippen LogP) is 3.75. The van der Waals surface area contributed by atoms with Gasteiger partial charge in [0.25, 0.3) is 0 Å². The lowest BCUT2D eigenvalue weighted by molar-refractivity contribution is 0.340. The molecule has 1 fully saturated rings. The summed E-state index contributed by atoms with van der Waals surface area (Å²) in [5.74, 6) is 1.84. The van der Waals surface area contributed by atoms with Gasteiger partial charge in [0.2, 0.25) is 0 Å². The first kappa shape index (κ1) is 13.3. The minimum absolute atomic E-state index is 0.245. The maximum atomic E-state index is 8.84. The number of benzene rings is 1. The van der Waals surface area contributed by atoms with E-state index in [0.717, 1.165) is 27.7 Å². The second kappa shape index (κ2) is 5.37. The van der Waals surface area contributed by atoms with Crippen LogP contribution in [-0.4, -0.2) is 22.3 Å². The van der Waals surface area contributed by atoms with Gasteiger partial charge in [0, 0.05) is 18.2 Å². The number of thioether (sulfide) groups is 1. The summed E-state index contributed by atoms with van der Waals surface area (Å²) in [5.41, 5.74) is 2.21. The molecule has 5 heteroatoms. The fourth-order valence-electron chi connectivity index (χ4n) is 2.23. The predicted molar refractivity (Wildman–Crippen MR) is 79.9 cm³/mol. The number of imidazole rings is 1. The molecule has 0 aliphatic heterocycles. The van der Waals surface area contributed by atoms with E-state index >= 15 is 0 Å². The maximum Gasteiger partial charge on any atom is 0.166 e. The average Bonchev–Trinajstić information content (AvgIpc) is 3.08. The Morgan fingerprint density at radius 3 is 3.05 bits per heavy atom. The van der Waals surface area contributed by atoms with E-state index in [2.05, 4.69) is 16.0 Å². The average molecular weight is 287 g/mol. The molecule has 4 nitrogen and oxygen atoms in total. The molecule has 1 N–H and O–H groups in total. The summed E-state index contributed by atoms with van der Waals surface area (Å²) in [7, 11) is 0. The number of rotatable bonds is 6. The molecule has 0 radical (unpaired) electrons. The number of nitriles is 1. The van der Waals surface area contributed by atoms with Crippen LogP contribution >= 0.6 is 11.8 Å². The lowest BCUT2D eigenvalue weighted by Crippen LogP contribution is -2.02. The van der Waals surface area contributed by atoms with Gasteiger partial charge >= 0.3 is 0 Å². The SMILES string of the molecule is CCOc1ccc2nc(SCC3(CC#N)CC3)[nH]c2c1. The zero-order valence-corrected chi connectivity index (χ0v) is 12.3. The second-order valence-electron chi connectivity index (χ2n) is 5.28. The van der Waals surface area contributed by atoms with E-state index < -0.39 is 0 Å². The molecule has 0 bridgehead atoms. The third kappa shape index (κ3) is 2.75. The molecule has 1 aromatic carbocycles.